The lowest BCUT2D eigenvalue weighted by Crippen LogP contribution is -2.30. The number of nitrogens with two attached hydrogens (primary N) is 1. The summed E-state index contributed by atoms with van der Waals surface area (Å²) in [5, 5.41) is 5.86. The van der Waals surface area contributed by atoms with Crippen molar-refractivity contribution in [2.45, 2.75) is 49.7 Å². The van der Waals surface area contributed by atoms with Crippen LogP contribution >= 0.6 is 11.8 Å². The van der Waals surface area contributed by atoms with E-state index in [9.17, 15) is 13.2 Å². The normalized spacial score (nSPS) is 12.6. The molecule has 28 heavy (non-hydrogen) atoms. The zero-order valence-electron chi connectivity index (χ0n) is 16.8. The number of aromatic nitrogens is 2. The van der Waals surface area contributed by atoms with Gasteiger partial charge in [0.05, 0.1) is 10.9 Å². The molecule has 2 aromatic rings. The number of hydrogen-bond acceptors (Lipinski definition) is 6. The Bertz CT molecular complexity index is 937. The van der Waals surface area contributed by atoms with Crippen LogP contribution in [-0.4, -0.2) is 42.5 Å². The molecular weight excluding hydrogens is 396 g/mol. The third-order valence-corrected chi connectivity index (χ3v) is 6.31. The minimum atomic E-state index is -3.73. The van der Waals surface area contributed by atoms with E-state index in [0.717, 1.165) is 27.7 Å². The van der Waals surface area contributed by atoms with E-state index in [2.05, 4.69) is 9.97 Å². The average molecular weight is 423 g/mol. The molecule has 0 fully saturated rings. The second-order valence-corrected chi connectivity index (χ2v) is 8.99. The number of thioether (sulfide) groups is 1. The van der Waals surface area contributed by atoms with Crippen molar-refractivity contribution in [3.8, 4) is 0 Å². The first-order chi connectivity index (χ1) is 13.0. The number of hydrogen-bond donors (Lipinski definition) is 1. The summed E-state index contributed by atoms with van der Waals surface area (Å²) in [4.78, 5) is 23.3. The molecule has 0 aliphatic carbocycles. The molecule has 1 aromatic carbocycles. The van der Waals surface area contributed by atoms with Crippen molar-refractivity contribution in [2.75, 3.05) is 13.3 Å². The lowest BCUT2D eigenvalue weighted by atomic mass is 10.0. The number of nitrogens with zero attached hydrogens (tertiary/aromatic N) is 3. The summed E-state index contributed by atoms with van der Waals surface area (Å²) in [5.74, 6) is -0.00392. The van der Waals surface area contributed by atoms with Gasteiger partial charge in [0.1, 0.15) is 0 Å². The van der Waals surface area contributed by atoms with Gasteiger partial charge in [0.25, 0.3) is 0 Å². The average Bonchev–Trinajstić information content (AvgIpc) is 2.65. The van der Waals surface area contributed by atoms with E-state index in [1.807, 2.05) is 27.0 Å². The van der Waals surface area contributed by atoms with Crippen LogP contribution in [0.25, 0.3) is 0 Å². The molecule has 1 heterocycles. The lowest BCUT2D eigenvalue weighted by Gasteiger charge is -2.26. The lowest BCUT2D eigenvalue weighted by molar-refractivity contribution is -0.131. The number of primary sulfonamides is 1. The number of carbonyl (C=O) groups is 1. The highest BCUT2D eigenvalue weighted by molar-refractivity contribution is 7.98. The van der Waals surface area contributed by atoms with Crippen molar-refractivity contribution in [3.05, 3.63) is 46.8 Å². The van der Waals surface area contributed by atoms with Crippen LogP contribution in [0.4, 0.5) is 0 Å². The summed E-state index contributed by atoms with van der Waals surface area (Å²) in [5.41, 5.74) is 3.64. The molecule has 1 atom stereocenters. The van der Waals surface area contributed by atoms with Crippen molar-refractivity contribution in [1.29, 1.82) is 0 Å². The third-order valence-electron chi connectivity index (χ3n) is 4.84. The Morgan fingerprint density at radius 3 is 2.18 bits per heavy atom. The molecule has 0 radical (unpaired) electrons. The van der Waals surface area contributed by atoms with Crippen LogP contribution in [0.1, 0.15) is 41.9 Å². The summed E-state index contributed by atoms with van der Waals surface area (Å²) in [6, 6.07) is 6.07. The molecule has 152 valence electrons. The summed E-state index contributed by atoms with van der Waals surface area (Å²) < 4.78 is 22.7. The fourth-order valence-corrected chi connectivity index (χ4v) is 3.92. The first kappa shape index (κ1) is 22.3. The number of sulfonamides is 1. The molecule has 0 aliphatic heterocycles. The van der Waals surface area contributed by atoms with Crippen molar-refractivity contribution < 1.29 is 13.2 Å². The van der Waals surface area contributed by atoms with Crippen LogP contribution < -0.4 is 5.14 Å². The molecule has 0 aliphatic rings. The fourth-order valence-electron chi connectivity index (χ4n) is 2.95. The Morgan fingerprint density at radius 2 is 1.71 bits per heavy atom. The van der Waals surface area contributed by atoms with Gasteiger partial charge in [-0.3, -0.25) is 4.79 Å². The van der Waals surface area contributed by atoms with Crippen molar-refractivity contribution in [2.24, 2.45) is 5.14 Å². The van der Waals surface area contributed by atoms with Crippen LogP contribution in [0.2, 0.25) is 0 Å². The molecule has 1 aromatic heterocycles. The maximum absolute atomic E-state index is 12.7. The van der Waals surface area contributed by atoms with Crippen molar-refractivity contribution in [1.82, 2.24) is 14.9 Å². The van der Waals surface area contributed by atoms with E-state index in [1.54, 1.807) is 24.1 Å². The van der Waals surface area contributed by atoms with Gasteiger partial charge >= 0.3 is 0 Å². The molecule has 2 rings (SSSR count). The molecule has 0 saturated carbocycles. The minimum absolute atomic E-state index is 0.00392. The van der Waals surface area contributed by atoms with Gasteiger partial charge in [-0.25, -0.2) is 23.5 Å². The van der Waals surface area contributed by atoms with E-state index < -0.39 is 10.0 Å². The van der Waals surface area contributed by atoms with Gasteiger partial charge in [0.2, 0.25) is 15.9 Å². The molecule has 9 heteroatoms. The highest BCUT2D eigenvalue weighted by Gasteiger charge is 2.19. The van der Waals surface area contributed by atoms with Gasteiger partial charge in [-0.2, -0.15) is 0 Å². The summed E-state index contributed by atoms with van der Waals surface area (Å²) in [7, 11) is -1.98. The highest BCUT2D eigenvalue weighted by atomic mass is 32.2. The number of amides is 1. The van der Waals surface area contributed by atoms with E-state index in [4.69, 9.17) is 5.14 Å². The van der Waals surface area contributed by atoms with E-state index >= 15 is 0 Å². The highest BCUT2D eigenvalue weighted by Crippen LogP contribution is 2.22. The smallest absolute Gasteiger partial charge is 0.238 e. The number of rotatable bonds is 7. The first-order valence-corrected chi connectivity index (χ1v) is 11.6. The molecule has 0 bridgehead atoms. The Morgan fingerprint density at radius 1 is 1.18 bits per heavy atom. The Hall–Kier alpha value is -1.97. The molecule has 2 N–H and O–H groups in total. The molecule has 1 amide bonds. The van der Waals surface area contributed by atoms with Crippen molar-refractivity contribution in [3.63, 3.8) is 0 Å². The molecule has 0 saturated heterocycles. The van der Waals surface area contributed by atoms with Crippen LogP contribution in [0.5, 0.6) is 0 Å². The van der Waals surface area contributed by atoms with Gasteiger partial charge in [-0.1, -0.05) is 23.9 Å². The van der Waals surface area contributed by atoms with E-state index in [0.29, 0.717) is 12.8 Å². The largest absolute Gasteiger partial charge is 0.339 e. The second kappa shape index (κ2) is 9.02. The zero-order chi connectivity index (χ0) is 21.1. The van der Waals surface area contributed by atoms with Gasteiger partial charge < -0.3 is 4.90 Å². The number of carbonyl (C=O) groups excluding carboxylic acids is 1. The van der Waals surface area contributed by atoms with Crippen LogP contribution in [0, 0.1) is 13.8 Å². The standard InChI is InChI=1S/C19H26N4O3S2/c1-12-17(13(2)22-19(21-12)27-5)10-11-18(24)23(4)14(3)15-6-8-16(9-7-15)28(20,25)26/h6-9,14H,10-11H2,1-5H3,(H2,20,25,26). The van der Waals surface area contributed by atoms with Gasteiger partial charge in [0.15, 0.2) is 5.16 Å². The van der Waals surface area contributed by atoms with E-state index in [1.165, 1.54) is 23.9 Å². The predicted molar refractivity (Wildman–Crippen MR) is 111 cm³/mol. The molecule has 1 unspecified atom stereocenters. The van der Waals surface area contributed by atoms with Crippen LogP contribution in [-0.2, 0) is 21.2 Å². The topological polar surface area (TPSA) is 106 Å². The molecule has 7 nitrogen and oxygen atoms in total. The Labute approximate surface area is 170 Å². The second-order valence-electron chi connectivity index (χ2n) is 6.65. The van der Waals surface area contributed by atoms with Gasteiger partial charge in [-0.15, -0.1) is 0 Å². The zero-order valence-corrected chi connectivity index (χ0v) is 18.4. The Balaban J connectivity index is 2.06. The first-order valence-electron chi connectivity index (χ1n) is 8.81. The third kappa shape index (κ3) is 5.30. The van der Waals surface area contributed by atoms with Crippen LogP contribution in [0.3, 0.4) is 0 Å². The SMILES string of the molecule is CSc1nc(C)c(CCC(=O)N(C)C(C)c2ccc(S(N)(=O)=O)cc2)c(C)n1. The van der Waals surface area contributed by atoms with Crippen LogP contribution in [0.15, 0.2) is 34.3 Å². The maximum Gasteiger partial charge on any atom is 0.238 e. The quantitative estimate of drug-likeness (QED) is 0.543. The predicted octanol–water partition coefficient (Wildman–Crippen LogP) is 2.61. The number of benzene rings is 1. The van der Waals surface area contributed by atoms with Crippen molar-refractivity contribution >= 4 is 27.7 Å². The van der Waals surface area contributed by atoms with Gasteiger partial charge in [-0.05, 0) is 56.7 Å². The summed E-state index contributed by atoms with van der Waals surface area (Å²) in [6.07, 6.45) is 2.86. The molecule has 0 spiro atoms. The summed E-state index contributed by atoms with van der Waals surface area (Å²) >= 11 is 1.50. The monoisotopic (exact) mass is 422 g/mol. The Kier molecular flexibility index (Phi) is 7.19. The molecular formula is C19H26N4O3S2. The maximum atomic E-state index is 12.7. The van der Waals surface area contributed by atoms with Gasteiger partial charge in [0, 0.05) is 24.9 Å². The van der Waals surface area contributed by atoms with E-state index in [-0.39, 0.29) is 16.8 Å². The minimum Gasteiger partial charge on any atom is -0.339 e. The summed E-state index contributed by atoms with van der Waals surface area (Å²) in [6.45, 7) is 5.78. The number of aryl methyl sites for hydroxylation is 2. The fraction of sp³-hybridized carbons (Fsp3) is 0.421.